The summed E-state index contributed by atoms with van der Waals surface area (Å²) in [6.07, 6.45) is 0. The number of hydrogen-bond donors (Lipinski definition) is 1. The fourth-order valence-corrected chi connectivity index (χ4v) is 2.85. The van der Waals surface area contributed by atoms with Crippen LogP contribution in [0.1, 0.15) is 21.8 Å². The maximum absolute atomic E-state index is 12.4. The quantitative estimate of drug-likeness (QED) is 0.816. The minimum absolute atomic E-state index is 0.0580. The molecular weight excluding hydrogens is 244 g/mol. The number of amides is 1. The maximum Gasteiger partial charge on any atom is 0.259 e. The molecule has 2 aliphatic heterocycles. The van der Waals surface area contributed by atoms with Gasteiger partial charge in [-0.25, -0.2) is 0 Å². The summed E-state index contributed by atoms with van der Waals surface area (Å²) in [5.74, 6) is 0.677. The van der Waals surface area contributed by atoms with E-state index in [0.717, 1.165) is 39.3 Å². The van der Waals surface area contributed by atoms with Crippen LogP contribution in [0.15, 0.2) is 4.52 Å². The lowest BCUT2D eigenvalue weighted by molar-refractivity contribution is 0.0225. The van der Waals surface area contributed by atoms with E-state index in [-0.39, 0.29) is 5.91 Å². The molecule has 19 heavy (non-hydrogen) atoms. The van der Waals surface area contributed by atoms with Gasteiger partial charge in [0, 0.05) is 45.3 Å². The van der Waals surface area contributed by atoms with Crippen molar-refractivity contribution in [2.75, 3.05) is 39.3 Å². The van der Waals surface area contributed by atoms with Crippen LogP contribution in [0.25, 0.3) is 0 Å². The van der Waals surface area contributed by atoms with Crippen LogP contribution in [0.5, 0.6) is 0 Å². The van der Waals surface area contributed by atoms with Crippen molar-refractivity contribution in [2.45, 2.75) is 19.9 Å². The van der Waals surface area contributed by atoms with E-state index >= 15 is 0 Å². The molecule has 2 aliphatic rings. The Morgan fingerprint density at radius 2 is 2.00 bits per heavy atom. The molecule has 0 aromatic carbocycles. The van der Waals surface area contributed by atoms with Crippen molar-refractivity contribution in [3.8, 4) is 0 Å². The average molecular weight is 264 g/mol. The first kappa shape index (κ1) is 12.6. The van der Waals surface area contributed by atoms with Crippen LogP contribution in [0, 0.1) is 13.8 Å². The first-order valence-electron chi connectivity index (χ1n) is 6.83. The maximum atomic E-state index is 12.4. The summed E-state index contributed by atoms with van der Waals surface area (Å²) in [5.41, 5.74) is 1.33. The largest absolute Gasteiger partial charge is 0.361 e. The van der Waals surface area contributed by atoms with Crippen molar-refractivity contribution in [2.24, 2.45) is 0 Å². The molecule has 0 unspecified atom stereocenters. The normalized spacial score (nSPS) is 21.5. The van der Waals surface area contributed by atoms with Gasteiger partial charge in [0.2, 0.25) is 0 Å². The van der Waals surface area contributed by atoms with Gasteiger partial charge in [-0.2, -0.15) is 0 Å². The van der Waals surface area contributed by atoms with E-state index in [1.807, 2.05) is 11.8 Å². The lowest BCUT2D eigenvalue weighted by Gasteiger charge is -2.46. The van der Waals surface area contributed by atoms with E-state index in [1.54, 1.807) is 6.92 Å². The summed E-state index contributed by atoms with van der Waals surface area (Å²) >= 11 is 0. The van der Waals surface area contributed by atoms with Gasteiger partial charge in [-0.05, 0) is 13.8 Å². The molecule has 0 saturated carbocycles. The molecule has 0 spiro atoms. The Hall–Kier alpha value is -1.40. The van der Waals surface area contributed by atoms with Gasteiger partial charge in [0.15, 0.2) is 0 Å². The van der Waals surface area contributed by atoms with Crippen LogP contribution in [0.3, 0.4) is 0 Å². The highest BCUT2D eigenvalue weighted by molar-refractivity contribution is 5.96. The second-order valence-corrected chi connectivity index (χ2v) is 5.35. The highest BCUT2D eigenvalue weighted by atomic mass is 16.5. The Morgan fingerprint density at radius 1 is 1.32 bits per heavy atom. The number of piperazine rings is 1. The van der Waals surface area contributed by atoms with Gasteiger partial charge in [-0.15, -0.1) is 0 Å². The molecule has 104 valence electrons. The number of hydrogen-bond acceptors (Lipinski definition) is 5. The number of carbonyl (C=O) groups is 1. The molecule has 2 fully saturated rings. The zero-order chi connectivity index (χ0) is 13.4. The standard InChI is InChI=1S/C13H20N4O2/c1-9-12(10(2)19-15-9)13(18)17-7-11(8-17)16-5-3-14-4-6-16/h11,14H,3-8H2,1-2H3. The van der Waals surface area contributed by atoms with Crippen molar-refractivity contribution < 1.29 is 9.32 Å². The summed E-state index contributed by atoms with van der Waals surface area (Å²) in [5, 5.41) is 7.19. The Balaban J connectivity index is 1.60. The van der Waals surface area contributed by atoms with Crippen LogP contribution >= 0.6 is 0 Å². The van der Waals surface area contributed by atoms with E-state index in [2.05, 4.69) is 15.4 Å². The Morgan fingerprint density at radius 3 is 2.58 bits per heavy atom. The van der Waals surface area contributed by atoms with Crippen molar-refractivity contribution in [3.05, 3.63) is 17.0 Å². The molecule has 0 bridgehead atoms. The van der Waals surface area contributed by atoms with E-state index in [4.69, 9.17) is 4.52 Å². The molecule has 0 aliphatic carbocycles. The third kappa shape index (κ3) is 2.26. The molecule has 1 N–H and O–H groups in total. The molecule has 3 rings (SSSR count). The minimum Gasteiger partial charge on any atom is -0.361 e. The number of nitrogens with one attached hydrogen (secondary N) is 1. The topological polar surface area (TPSA) is 61.6 Å². The van der Waals surface area contributed by atoms with Gasteiger partial charge in [0.05, 0.1) is 5.69 Å². The van der Waals surface area contributed by atoms with Gasteiger partial charge in [-0.3, -0.25) is 9.69 Å². The second-order valence-electron chi connectivity index (χ2n) is 5.35. The predicted molar refractivity (Wildman–Crippen MR) is 70.1 cm³/mol. The molecule has 1 aromatic heterocycles. The fraction of sp³-hybridized carbons (Fsp3) is 0.692. The SMILES string of the molecule is Cc1noc(C)c1C(=O)N1CC(N2CCNCC2)C1. The minimum atomic E-state index is 0.0580. The van der Waals surface area contributed by atoms with Crippen LogP contribution in [0.2, 0.25) is 0 Å². The van der Waals surface area contributed by atoms with Crippen LogP contribution < -0.4 is 5.32 Å². The first-order valence-corrected chi connectivity index (χ1v) is 6.83. The molecule has 6 heteroatoms. The molecule has 0 radical (unpaired) electrons. The van der Waals surface area contributed by atoms with Gasteiger partial charge in [0.25, 0.3) is 5.91 Å². The Labute approximate surface area is 112 Å². The molecule has 2 saturated heterocycles. The molecule has 0 atom stereocenters. The summed E-state index contributed by atoms with van der Waals surface area (Å²) < 4.78 is 5.06. The molecule has 1 aromatic rings. The molecule has 6 nitrogen and oxygen atoms in total. The Kier molecular flexibility index (Phi) is 3.28. The number of rotatable bonds is 2. The summed E-state index contributed by atoms with van der Waals surface area (Å²) in [4.78, 5) is 16.7. The van der Waals surface area contributed by atoms with E-state index in [9.17, 15) is 4.79 Å². The third-order valence-electron chi connectivity index (χ3n) is 4.06. The van der Waals surface area contributed by atoms with Crippen molar-refractivity contribution in [1.82, 2.24) is 20.3 Å². The van der Waals surface area contributed by atoms with Crippen molar-refractivity contribution >= 4 is 5.91 Å². The first-order chi connectivity index (χ1) is 9.16. The fourth-order valence-electron chi connectivity index (χ4n) is 2.85. The van der Waals surface area contributed by atoms with E-state index in [0.29, 0.717) is 23.1 Å². The summed E-state index contributed by atoms with van der Waals surface area (Å²) in [6.45, 7) is 9.52. The van der Waals surface area contributed by atoms with Gasteiger partial charge < -0.3 is 14.7 Å². The predicted octanol–water partition coefficient (Wildman–Crippen LogP) is 0.0210. The highest BCUT2D eigenvalue weighted by Crippen LogP contribution is 2.21. The van der Waals surface area contributed by atoms with Gasteiger partial charge in [0.1, 0.15) is 11.3 Å². The van der Waals surface area contributed by atoms with Crippen LogP contribution in [-0.2, 0) is 0 Å². The van der Waals surface area contributed by atoms with Crippen LogP contribution in [-0.4, -0.2) is 66.2 Å². The zero-order valence-corrected chi connectivity index (χ0v) is 11.5. The lowest BCUT2D eigenvalue weighted by Crippen LogP contribution is -2.63. The van der Waals surface area contributed by atoms with Gasteiger partial charge >= 0.3 is 0 Å². The smallest absolute Gasteiger partial charge is 0.259 e. The highest BCUT2D eigenvalue weighted by Gasteiger charge is 2.37. The number of nitrogens with zero attached hydrogens (tertiary/aromatic N) is 3. The van der Waals surface area contributed by atoms with Crippen LogP contribution in [0.4, 0.5) is 0 Å². The summed E-state index contributed by atoms with van der Waals surface area (Å²) in [7, 11) is 0. The zero-order valence-electron chi connectivity index (χ0n) is 11.5. The monoisotopic (exact) mass is 264 g/mol. The van der Waals surface area contributed by atoms with Gasteiger partial charge in [-0.1, -0.05) is 5.16 Å². The van der Waals surface area contributed by atoms with E-state index < -0.39 is 0 Å². The van der Waals surface area contributed by atoms with Crippen molar-refractivity contribution in [1.29, 1.82) is 0 Å². The number of carbonyl (C=O) groups excluding carboxylic acids is 1. The Bertz CT molecular complexity index is 453. The second kappa shape index (κ2) is 4.94. The molecule has 1 amide bonds. The number of likely N-dealkylation sites (tertiary alicyclic amines) is 1. The number of aryl methyl sites for hydroxylation is 2. The van der Waals surface area contributed by atoms with E-state index in [1.165, 1.54) is 0 Å². The average Bonchev–Trinajstić information content (AvgIpc) is 2.68. The summed E-state index contributed by atoms with van der Waals surface area (Å²) in [6, 6.07) is 0.520. The third-order valence-corrected chi connectivity index (χ3v) is 4.06. The van der Waals surface area contributed by atoms with Crippen molar-refractivity contribution in [3.63, 3.8) is 0 Å². The molecular formula is C13H20N4O2. The number of aromatic nitrogens is 1. The lowest BCUT2D eigenvalue weighted by atomic mass is 10.0. The molecule has 3 heterocycles.